The Bertz CT molecular complexity index is 686. The lowest BCUT2D eigenvalue weighted by Crippen LogP contribution is -2.40. The molecule has 1 heterocycles. The van der Waals surface area contributed by atoms with E-state index in [1.54, 1.807) is 30.5 Å². The lowest BCUT2D eigenvalue weighted by atomic mass is 9.98. The van der Waals surface area contributed by atoms with Crippen LogP contribution >= 0.6 is 0 Å². The molecule has 0 aromatic heterocycles. The minimum atomic E-state index is -0.486. The second-order valence-corrected chi connectivity index (χ2v) is 5.84. The Labute approximate surface area is 136 Å². The van der Waals surface area contributed by atoms with E-state index in [0.29, 0.717) is 23.3 Å². The monoisotopic (exact) mass is 308 g/mol. The van der Waals surface area contributed by atoms with E-state index in [9.17, 15) is 10.1 Å². The van der Waals surface area contributed by atoms with Gasteiger partial charge in [0.2, 0.25) is 0 Å². The molecule has 1 aromatic carbocycles. The number of rotatable bonds is 3. The predicted molar refractivity (Wildman–Crippen MR) is 88.1 cm³/mol. The van der Waals surface area contributed by atoms with Gasteiger partial charge in [0.05, 0.1) is 11.3 Å². The third kappa shape index (κ3) is 3.90. The molecule has 5 heteroatoms. The van der Waals surface area contributed by atoms with Gasteiger partial charge >= 0.3 is 0 Å². The van der Waals surface area contributed by atoms with E-state index in [0.717, 1.165) is 19.3 Å². The lowest BCUT2D eigenvalue weighted by Gasteiger charge is -2.38. The molecular formula is C18H20N4O. The first-order chi connectivity index (χ1) is 11.1. The molecule has 0 bridgehead atoms. The molecule has 118 valence electrons. The number of carbonyl (C=O) groups is 1. The minimum Gasteiger partial charge on any atom is -0.371 e. The number of carbonyl (C=O) groups excluding carboxylic acids is 1. The minimum absolute atomic E-state index is 0.0540. The van der Waals surface area contributed by atoms with Crippen LogP contribution in [-0.2, 0) is 4.79 Å². The summed E-state index contributed by atoms with van der Waals surface area (Å²) in [6, 6.07) is 11.4. The Morgan fingerprint density at radius 2 is 1.91 bits per heavy atom. The normalized spacial score (nSPS) is 21.2. The van der Waals surface area contributed by atoms with Crippen molar-refractivity contribution in [2.24, 2.45) is 0 Å². The van der Waals surface area contributed by atoms with E-state index in [1.165, 1.54) is 0 Å². The molecule has 2 rings (SSSR count). The first-order valence-electron chi connectivity index (χ1n) is 7.76. The summed E-state index contributed by atoms with van der Waals surface area (Å²) in [7, 11) is 0. The number of para-hydroxylation sites is 1. The molecule has 2 atom stereocenters. The van der Waals surface area contributed by atoms with Crippen LogP contribution in [0.2, 0.25) is 0 Å². The summed E-state index contributed by atoms with van der Waals surface area (Å²) in [6.07, 6.45) is 4.92. The van der Waals surface area contributed by atoms with E-state index in [1.807, 2.05) is 12.1 Å². The molecule has 1 fully saturated rings. The van der Waals surface area contributed by atoms with E-state index in [4.69, 9.17) is 5.26 Å². The van der Waals surface area contributed by atoms with Gasteiger partial charge in [-0.2, -0.15) is 10.5 Å². The van der Waals surface area contributed by atoms with Crippen LogP contribution in [-0.4, -0.2) is 22.9 Å². The van der Waals surface area contributed by atoms with Gasteiger partial charge < -0.3 is 10.2 Å². The number of nitriles is 2. The number of nitrogens with one attached hydrogen (secondary N) is 1. The van der Waals surface area contributed by atoms with Crippen molar-refractivity contribution >= 4 is 11.6 Å². The average Bonchev–Trinajstić information content (AvgIpc) is 2.55. The number of likely N-dealkylation sites (tertiary alicyclic amines) is 1. The quantitative estimate of drug-likeness (QED) is 0.687. The van der Waals surface area contributed by atoms with Gasteiger partial charge in [-0.05, 0) is 45.2 Å². The highest BCUT2D eigenvalue weighted by atomic mass is 16.1. The van der Waals surface area contributed by atoms with Crippen LogP contribution in [0.5, 0.6) is 0 Å². The lowest BCUT2D eigenvalue weighted by molar-refractivity contribution is -0.112. The molecule has 5 nitrogen and oxygen atoms in total. The van der Waals surface area contributed by atoms with Gasteiger partial charge in [-0.1, -0.05) is 12.1 Å². The Morgan fingerprint density at radius 3 is 2.52 bits per heavy atom. The van der Waals surface area contributed by atoms with Gasteiger partial charge in [-0.25, -0.2) is 0 Å². The molecule has 1 saturated heterocycles. The molecule has 0 saturated carbocycles. The van der Waals surface area contributed by atoms with Crippen molar-refractivity contribution < 1.29 is 4.79 Å². The van der Waals surface area contributed by atoms with Crippen LogP contribution in [0.4, 0.5) is 5.69 Å². The van der Waals surface area contributed by atoms with Crippen LogP contribution < -0.4 is 5.32 Å². The number of nitrogens with zero attached hydrogens (tertiary/aromatic N) is 3. The Balaban J connectivity index is 2.20. The largest absolute Gasteiger partial charge is 0.371 e. The Morgan fingerprint density at radius 1 is 1.26 bits per heavy atom. The van der Waals surface area contributed by atoms with Crippen molar-refractivity contribution in [2.45, 2.75) is 45.2 Å². The van der Waals surface area contributed by atoms with Gasteiger partial charge in [0.1, 0.15) is 17.7 Å². The molecule has 1 aliphatic rings. The molecule has 23 heavy (non-hydrogen) atoms. The van der Waals surface area contributed by atoms with E-state index in [-0.39, 0.29) is 5.57 Å². The summed E-state index contributed by atoms with van der Waals surface area (Å²) in [6.45, 7) is 4.20. The number of piperidine rings is 1. The van der Waals surface area contributed by atoms with Crippen LogP contribution in [0.1, 0.15) is 38.7 Å². The van der Waals surface area contributed by atoms with Crippen molar-refractivity contribution in [3.05, 3.63) is 41.6 Å². The summed E-state index contributed by atoms with van der Waals surface area (Å²) >= 11 is 0. The van der Waals surface area contributed by atoms with Crippen LogP contribution in [0.3, 0.4) is 0 Å². The van der Waals surface area contributed by atoms with Gasteiger partial charge in [0.25, 0.3) is 5.91 Å². The van der Waals surface area contributed by atoms with Gasteiger partial charge in [0.15, 0.2) is 0 Å². The summed E-state index contributed by atoms with van der Waals surface area (Å²) < 4.78 is 0. The van der Waals surface area contributed by atoms with Crippen LogP contribution in [0.15, 0.2) is 36.0 Å². The number of benzene rings is 1. The van der Waals surface area contributed by atoms with Crippen LogP contribution in [0.25, 0.3) is 0 Å². The second kappa shape index (κ2) is 7.47. The zero-order chi connectivity index (χ0) is 16.8. The number of anilines is 1. The summed E-state index contributed by atoms with van der Waals surface area (Å²) in [5.41, 5.74) is 0.845. The average molecular weight is 308 g/mol. The topological polar surface area (TPSA) is 79.9 Å². The number of amides is 1. The number of hydrogen-bond acceptors (Lipinski definition) is 4. The third-order valence-electron chi connectivity index (χ3n) is 4.20. The summed E-state index contributed by atoms with van der Waals surface area (Å²) in [5.74, 6) is -0.486. The maximum atomic E-state index is 12.4. The summed E-state index contributed by atoms with van der Waals surface area (Å²) in [5, 5.41) is 21.1. The zero-order valence-corrected chi connectivity index (χ0v) is 13.4. The molecule has 2 unspecified atom stereocenters. The highest BCUT2D eigenvalue weighted by molar-refractivity contribution is 6.07. The number of hydrogen-bond donors (Lipinski definition) is 1. The van der Waals surface area contributed by atoms with Crippen molar-refractivity contribution in [3.8, 4) is 12.1 Å². The Hall–Kier alpha value is -2.79. The van der Waals surface area contributed by atoms with Crippen LogP contribution in [0, 0.1) is 22.7 Å². The van der Waals surface area contributed by atoms with E-state index < -0.39 is 5.91 Å². The molecule has 1 amide bonds. The fourth-order valence-corrected chi connectivity index (χ4v) is 2.86. The van der Waals surface area contributed by atoms with Crippen molar-refractivity contribution in [3.63, 3.8) is 0 Å². The highest BCUT2D eigenvalue weighted by Gasteiger charge is 2.23. The first-order valence-corrected chi connectivity index (χ1v) is 7.76. The van der Waals surface area contributed by atoms with Gasteiger partial charge in [-0.15, -0.1) is 0 Å². The standard InChI is InChI=1S/C18H20N4O/c1-13-6-5-7-14(2)22(13)12-16(11-20)18(23)21-17-9-4-3-8-15(17)10-19/h3-4,8-9,12-14H,5-7H2,1-2H3,(H,21,23)/b16-12-. The molecule has 0 radical (unpaired) electrons. The fraction of sp³-hybridized carbons (Fsp3) is 0.389. The fourth-order valence-electron chi connectivity index (χ4n) is 2.86. The molecule has 1 aromatic rings. The van der Waals surface area contributed by atoms with Gasteiger partial charge in [-0.3, -0.25) is 4.79 Å². The highest BCUT2D eigenvalue weighted by Crippen LogP contribution is 2.24. The van der Waals surface area contributed by atoms with Crippen molar-refractivity contribution in [2.75, 3.05) is 5.32 Å². The Kier molecular flexibility index (Phi) is 5.38. The maximum Gasteiger partial charge on any atom is 0.267 e. The summed E-state index contributed by atoms with van der Waals surface area (Å²) in [4.78, 5) is 14.4. The van der Waals surface area contributed by atoms with E-state index in [2.05, 4.69) is 24.1 Å². The maximum absolute atomic E-state index is 12.4. The predicted octanol–water partition coefficient (Wildman–Crippen LogP) is 3.17. The smallest absolute Gasteiger partial charge is 0.267 e. The molecular weight excluding hydrogens is 288 g/mol. The second-order valence-electron chi connectivity index (χ2n) is 5.84. The first kappa shape index (κ1) is 16.6. The molecule has 1 N–H and O–H groups in total. The molecule has 1 aliphatic heterocycles. The molecule has 0 aliphatic carbocycles. The van der Waals surface area contributed by atoms with Crippen molar-refractivity contribution in [1.82, 2.24) is 4.90 Å². The zero-order valence-electron chi connectivity index (χ0n) is 13.4. The third-order valence-corrected chi connectivity index (χ3v) is 4.20. The van der Waals surface area contributed by atoms with Crippen molar-refractivity contribution in [1.29, 1.82) is 10.5 Å². The SMILES string of the molecule is CC1CCCC(C)N1/C=C(/C#N)C(=O)Nc1ccccc1C#N. The van der Waals surface area contributed by atoms with E-state index >= 15 is 0 Å². The van der Waals surface area contributed by atoms with Gasteiger partial charge in [0, 0.05) is 18.3 Å². The molecule has 0 spiro atoms.